The third-order valence-corrected chi connectivity index (χ3v) is 4.84. The first-order chi connectivity index (χ1) is 11.9. The highest BCUT2D eigenvalue weighted by Crippen LogP contribution is 2.23. The number of aryl methyl sites for hydroxylation is 1. The number of carbonyl (C=O) groups is 3. The molecule has 0 unspecified atom stereocenters. The van der Waals surface area contributed by atoms with Gasteiger partial charge in [0, 0.05) is 6.04 Å². The third-order valence-electron chi connectivity index (χ3n) is 4.84. The fourth-order valence-corrected chi connectivity index (χ4v) is 3.08. The molecule has 0 aliphatic heterocycles. The Balaban J connectivity index is 1.79. The van der Waals surface area contributed by atoms with Crippen LogP contribution in [0.5, 0.6) is 0 Å². The van der Waals surface area contributed by atoms with Crippen molar-refractivity contribution in [3.05, 3.63) is 34.9 Å². The SMILES string of the molecule is Cc1cccc(C(=O)OCC(=O)NC(=O)N[C@H]2CCCC[C@H]2C)c1C. The van der Waals surface area contributed by atoms with Crippen LogP contribution < -0.4 is 10.6 Å². The van der Waals surface area contributed by atoms with Crippen molar-refractivity contribution in [1.82, 2.24) is 10.6 Å². The molecule has 1 fully saturated rings. The van der Waals surface area contributed by atoms with Crippen molar-refractivity contribution in [1.29, 1.82) is 0 Å². The number of nitrogens with one attached hydrogen (secondary N) is 2. The van der Waals surface area contributed by atoms with E-state index in [1.165, 1.54) is 6.42 Å². The van der Waals surface area contributed by atoms with Gasteiger partial charge < -0.3 is 10.1 Å². The van der Waals surface area contributed by atoms with Gasteiger partial charge in [-0.05, 0) is 49.8 Å². The van der Waals surface area contributed by atoms with Gasteiger partial charge in [0.2, 0.25) is 0 Å². The smallest absolute Gasteiger partial charge is 0.338 e. The monoisotopic (exact) mass is 346 g/mol. The van der Waals surface area contributed by atoms with Gasteiger partial charge in [0.1, 0.15) is 0 Å². The Morgan fingerprint density at radius 2 is 1.88 bits per heavy atom. The summed E-state index contributed by atoms with van der Waals surface area (Å²) in [6, 6.07) is 4.86. The van der Waals surface area contributed by atoms with E-state index >= 15 is 0 Å². The molecule has 2 rings (SSSR count). The van der Waals surface area contributed by atoms with E-state index in [9.17, 15) is 14.4 Å². The Hall–Kier alpha value is -2.37. The van der Waals surface area contributed by atoms with Crippen molar-refractivity contribution in [2.24, 2.45) is 5.92 Å². The summed E-state index contributed by atoms with van der Waals surface area (Å²) in [7, 11) is 0. The summed E-state index contributed by atoms with van der Waals surface area (Å²) in [5, 5.41) is 5.04. The molecule has 3 amide bonds. The van der Waals surface area contributed by atoms with E-state index in [0.717, 1.165) is 30.4 Å². The molecule has 0 bridgehead atoms. The first-order valence-electron chi connectivity index (χ1n) is 8.72. The van der Waals surface area contributed by atoms with E-state index in [1.807, 2.05) is 19.9 Å². The van der Waals surface area contributed by atoms with Gasteiger partial charge in [0.15, 0.2) is 6.61 Å². The lowest BCUT2D eigenvalue weighted by Gasteiger charge is -2.29. The Kier molecular flexibility index (Phi) is 6.56. The van der Waals surface area contributed by atoms with Crippen molar-refractivity contribution in [2.75, 3.05) is 6.61 Å². The zero-order valence-electron chi connectivity index (χ0n) is 15.1. The predicted octanol–water partition coefficient (Wildman–Crippen LogP) is 2.86. The Bertz CT molecular complexity index is 657. The van der Waals surface area contributed by atoms with Gasteiger partial charge in [-0.2, -0.15) is 0 Å². The third kappa shape index (κ3) is 5.31. The lowest BCUT2D eigenvalue weighted by Crippen LogP contribution is -2.48. The topological polar surface area (TPSA) is 84.5 Å². The van der Waals surface area contributed by atoms with Crippen molar-refractivity contribution < 1.29 is 19.1 Å². The zero-order valence-corrected chi connectivity index (χ0v) is 15.1. The van der Waals surface area contributed by atoms with Gasteiger partial charge in [-0.25, -0.2) is 9.59 Å². The van der Waals surface area contributed by atoms with Gasteiger partial charge in [-0.3, -0.25) is 10.1 Å². The number of urea groups is 1. The average molecular weight is 346 g/mol. The number of hydrogen-bond donors (Lipinski definition) is 2. The molecule has 136 valence electrons. The van der Waals surface area contributed by atoms with Crippen molar-refractivity contribution in [3.63, 3.8) is 0 Å². The molecule has 0 heterocycles. The summed E-state index contributed by atoms with van der Waals surface area (Å²) < 4.78 is 5.01. The molecule has 0 saturated heterocycles. The second-order valence-corrected chi connectivity index (χ2v) is 6.71. The maximum Gasteiger partial charge on any atom is 0.338 e. The molecule has 6 heteroatoms. The Morgan fingerprint density at radius 1 is 1.16 bits per heavy atom. The fraction of sp³-hybridized carbons (Fsp3) is 0.526. The van der Waals surface area contributed by atoms with Crippen molar-refractivity contribution >= 4 is 17.9 Å². The van der Waals surface area contributed by atoms with Crippen LogP contribution in [0.15, 0.2) is 18.2 Å². The number of esters is 1. The highest BCUT2D eigenvalue weighted by Gasteiger charge is 2.23. The van der Waals surface area contributed by atoms with E-state index in [4.69, 9.17) is 4.74 Å². The van der Waals surface area contributed by atoms with Crippen LogP contribution in [0, 0.1) is 19.8 Å². The molecule has 2 atom stereocenters. The highest BCUT2D eigenvalue weighted by atomic mass is 16.5. The lowest BCUT2D eigenvalue weighted by atomic mass is 9.86. The molecular formula is C19H26N2O4. The van der Waals surface area contributed by atoms with Gasteiger partial charge in [0.25, 0.3) is 5.91 Å². The predicted molar refractivity (Wildman–Crippen MR) is 94.3 cm³/mol. The summed E-state index contributed by atoms with van der Waals surface area (Å²) in [5.74, 6) is -0.811. The van der Waals surface area contributed by atoms with Crippen LogP contribution >= 0.6 is 0 Å². The molecule has 2 N–H and O–H groups in total. The maximum atomic E-state index is 12.1. The minimum Gasteiger partial charge on any atom is -0.452 e. The molecule has 1 saturated carbocycles. The van der Waals surface area contributed by atoms with E-state index in [1.54, 1.807) is 12.1 Å². The zero-order chi connectivity index (χ0) is 18.4. The maximum absolute atomic E-state index is 12.1. The average Bonchev–Trinajstić information content (AvgIpc) is 2.57. The van der Waals surface area contributed by atoms with Crippen LogP contribution in [0.1, 0.15) is 54.1 Å². The molecule has 0 radical (unpaired) electrons. The number of imide groups is 1. The molecule has 1 aromatic carbocycles. The quantitative estimate of drug-likeness (QED) is 0.821. The Morgan fingerprint density at radius 3 is 2.60 bits per heavy atom. The van der Waals surface area contributed by atoms with Gasteiger partial charge >= 0.3 is 12.0 Å². The second kappa shape index (κ2) is 8.65. The molecule has 6 nitrogen and oxygen atoms in total. The highest BCUT2D eigenvalue weighted by molar-refractivity contribution is 5.97. The summed E-state index contributed by atoms with van der Waals surface area (Å²) in [6.07, 6.45) is 4.25. The van der Waals surface area contributed by atoms with Gasteiger partial charge in [0.05, 0.1) is 5.56 Å². The largest absolute Gasteiger partial charge is 0.452 e. The molecule has 1 aromatic rings. The Labute approximate surface area is 148 Å². The van der Waals surface area contributed by atoms with Crippen LogP contribution in [-0.2, 0) is 9.53 Å². The standard InChI is InChI=1S/C19H26N2O4/c1-12-8-6-9-15(14(12)3)18(23)25-11-17(22)21-19(24)20-16-10-5-4-7-13(16)2/h6,8-9,13,16H,4-5,7,10-11H2,1-3H3,(H2,20,21,22,24)/t13-,16+/m1/s1. The normalized spacial score (nSPS) is 19.8. The molecule has 25 heavy (non-hydrogen) atoms. The van der Waals surface area contributed by atoms with Crippen LogP contribution in [0.3, 0.4) is 0 Å². The minimum atomic E-state index is -0.639. The van der Waals surface area contributed by atoms with Crippen LogP contribution in [0.2, 0.25) is 0 Å². The number of ether oxygens (including phenoxy) is 1. The summed E-state index contributed by atoms with van der Waals surface area (Å²) in [4.78, 5) is 35.8. The molecule has 0 spiro atoms. The lowest BCUT2D eigenvalue weighted by molar-refractivity contribution is -0.123. The molecular weight excluding hydrogens is 320 g/mol. The number of rotatable bonds is 4. The van der Waals surface area contributed by atoms with Crippen LogP contribution in [0.25, 0.3) is 0 Å². The first-order valence-corrected chi connectivity index (χ1v) is 8.72. The summed E-state index contributed by atoms with van der Waals surface area (Å²) in [6.45, 7) is 5.33. The molecule has 1 aliphatic carbocycles. The first kappa shape index (κ1) is 19.0. The summed E-state index contributed by atoms with van der Waals surface area (Å²) >= 11 is 0. The van der Waals surface area contributed by atoms with Gasteiger partial charge in [-0.1, -0.05) is 31.9 Å². The number of hydrogen-bond acceptors (Lipinski definition) is 4. The molecule has 1 aliphatic rings. The van der Waals surface area contributed by atoms with Crippen molar-refractivity contribution in [3.8, 4) is 0 Å². The number of amides is 3. The van der Waals surface area contributed by atoms with E-state index in [0.29, 0.717) is 11.5 Å². The van der Waals surface area contributed by atoms with E-state index in [-0.39, 0.29) is 6.04 Å². The van der Waals surface area contributed by atoms with Crippen molar-refractivity contribution in [2.45, 2.75) is 52.5 Å². The second-order valence-electron chi connectivity index (χ2n) is 6.71. The van der Waals surface area contributed by atoms with E-state index in [2.05, 4.69) is 17.6 Å². The van der Waals surface area contributed by atoms with Gasteiger partial charge in [-0.15, -0.1) is 0 Å². The number of benzene rings is 1. The van der Waals surface area contributed by atoms with E-state index < -0.39 is 24.5 Å². The minimum absolute atomic E-state index is 0.0824. The summed E-state index contributed by atoms with van der Waals surface area (Å²) in [5.41, 5.74) is 2.21. The number of carbonyl (C=O) groups excluding carboxylic acids is 3. The molecule has 0 aromatic heterocycles. The van der Waals surface area contributed by atoms with Crippen LogP contribution in [-0.4, -0.2) is 30.6 Å². The fourth-order valence-electron chi connectivity index (χ4n) is 3.08. The van der Waals surface area contributed by atoms with Crippen LogP contribution in [0.4, 0.5) is 4.79 Å².